The van der Waals surface area contributed by atoms with Gasteiger partial charge in [-0.15, -0.1) is 0 Å². The first-order chi connectivity index (χ1) is 7.66. The number of aryl methyl sites for hydroxylation is 1. The van der Waals surface area contributed by atoms with Crippen molar-refractivity contribution in [1.82, 2.24) is 9.88 Å². The summed E-state index contributed by atoms with van der Waals surface area (Å²) in [6.07, 6.45) is 1.10. The van der Waals surface area contributed by atoms with Crippen LogP contribution in [0.15, 0.2) is 18.2 Å². The Kier molecular flexibility index (Phi) is 2.23. The van der Waals surface area contributed by atoms with Crippen LogP contribution in [0.5, 0.6) is 0 Å². The van der Waals surface area contributed by atoms with E-state index in [0.717, 1.165) is 18.0 Å². The van der Waals surface area contributed by atoms with Crippen LogP contribution in [0.1, 0.15) is 18.2 Å². The summed E-state index contributed by atoms with van der Waals surface area (Å²) in [6, 6.07) is 6.71. The van der Waals surface area contributed by atoms with E-state index in [-0.39, 0.29) is 0 Å². The Hall–Kier alpha value is -0.990. The average molecular weight is 235 g/mol. The molecule has 1 atom stereocenters. The molecule has 0 radical (unpaired) electrons. The quantitative estimate of drug-likeness (QED) is 0.742. The molecule has 1 N–H and O–H groups in total. The van der Waals surface area contributed by atoms with Crippen LogP contribution >= 0.6 is 11.6 Å². The Bertz CT molecular complexity index is 557. The number of rotatable bonds is 0. The fourth-order valence-corrected chi connectivity index (χ4v) is 2.81. The zero-order chi connectivity index (χ0) is 11.3. The molecule has 0 aliphatic carbocycles. The molecule has 1 aromatic carbocycles. The highest BCUT2D eigenvalue weighted by Gasteiger charge is 2.21. The van der Waals surface area contributed by atoms with Gasteiger partial charge in [-0.2, -0.15) is 0 Å². The lowest BCUT2D eigenvalue weighted by atomic mass is 10.0. The lowest BCUT2D eigenvalue weighted by Crippen LogP contribution is -2.33. The van der Waals surface area contributed by atoms with E-state index in [0.29, 0.717) is 6.04 Å². The molecule has 0 amide bonds. The molecule has 1 unspecified atom stereocenters. The second-order valence-corrected chi connectivity index (χ2v) is 5.07. The minimum absolute atomic E-state index is 0.561. The molecular formula is C13H15ClN2. The number of hydrogen-bond donors (Lipinski definition) is 1. The SMILES string of the molecule is CC1Cc2c(c3cc(Cl)ccc3n2C)CN1. The largest absolute Gasteiger partial charge is 0.347 e. The van der Waals surface area contributed by atoms with E-state index < -0.39 is 0 Å². The Labute approximate surface area is 100 Å². The number of nitrogens with zero attached hydrogens (tertiary/aromatic N) is 1. The summed E-state index contributed by atoms with van der Waals surface area (Å²) in [5.41, 5.74) is 4.15. The monoisotopic (exact) mass is 234 g/mol. The molecule has 84 valence electrons. The van der Waals surface area contributed by atoms with Gasteiger partial charge in [0.05, 0.1) is 0 Å². The molecule has 0 fully saturated rings. The van der Waals surface area contributed by atoms with E-state index >= 15 is 0 Å². The number of aromatic nitrogens is 1. The van der Waals surface area contributed by atoms with Gasteiger partial charge in [-0.3, -0.25) is 0 Å². The normalized spacial score (nSPS) is 20.1. The fourth-order valence-electron chi connectivity index (χ4n) is 2.64. The maximum atomic E-state index is 6.07. The van der Waals surface area contributed by atoms with Gasteiger partial charge in [0.25, 0.3) is 0 Å². The summed E-state index contributed by atoms with van der Waals surface area (Å²) in [7, 11) is 2.15. The summed E-state index contributed by atoms with van der Waals surface area (Å²) >= 11 is 6.07. The summed E-state index contributed by atoms with van der Waals surface area (Å²) in [5.74, 6) is 0. The van der Waals surface area contributed by atoms with Crippen molar-refractivity contribution in [3.05, 3.63) is 34.5 Å². The van der Waals surface area contributed by atoms with Crippen LogP contribution in [-0.2, 0) is 20.0 Å². The second kappa shape index (κ2) is 3.51. The minimum Gasteiger partial charge on any atom is -0.347 e. The predicted octanol–water partition coefficient (Wildman–Crippen LogP) is 2.87. The first-order valence-electron chi connectivity index (χ1n) is 5.66. The van der Waals surface area contributed by atoms with Crippen LogP contribution in [0.3, 0.4) is 0 Å². The van der Waals surface area contributed by atoms with Crippen molar-refractivity contribution >= 4 is 22.5 Å². The maximum Gasteiger partial charge on any atom is 0.0484 e. The van der Waals surface area contributed by atoms with Crippen molar-refractivity contribution in [2.24, 2.45) is 7.05 Å². The van der Waals surface area contributed by atoms with Gasteiger partial charge in [0.2, 0.25) is 0 Å². The first kappa shape index (κ1) is 10.2. The van der Waals surface area contributed by atoms with Gasteiger partial charge in [-0.1, -0.05) is 11.6 Å². The highest BCUT2D eigenvalue weighted by atomic mass is 35.5. The van der Waals surface area contributed by atoms with Gasteiger partial charge in [-0.25, -0.2) is 0 Å². The molecule has 2 heterocycles. The summed E-state index contributed by atoms with van der Waals surface area (Å²) < 4.78 is 2.30. The second-order valence-electron chi connectivity index (χ2n) is 4.63. The third-order valence-electron chi connectivity index (χ3n) is 3.53. The molecular weight excluding hydrogens is 220 g/mol. The van der Waals surface area contributed by atoms with Crippen LogP contribution in [0, 0.1) is 0 Å². The number of nitrogens with one attached hydrogen (secondary N) is 1. The van der Waals surface area contributed by atoms with Crippen LogP contribution in [0.2, 0.25) is 5.02 Å². The van der Waals surface area contributed by atoms with Crippen LogP contribution in [0.25, 0.3) is 10.9 Å². The Morgan fingerprint density at radius 2 is 2.25 bits per heavy atom. The molecule has 0 bridgehead atoms. The van der Waals surface area contributed by atoms with Gasteiger partial charge < -0.3 is 9.88 Å². The van der Waals surface area contributed by atoms with Gasteiger partial charge in [0.15, 0.2) is 0 Å². The van der Waals surface area contributed by atoms with Crippen molar-refractivity contribution in [3.63, 3.8) is 0 Å². The molecule has 2 aromatic rings. The smallest absolute Gasteiger partial charge is 0.0484 e. The first-order valence-corrected chi connectivity index (χ1v) is 6.03. The number of hydrogen-bond acceptors (Lipinski definition) is 1. The number of halogens is 1. The van der Waals surface area contributed by atoms with Crippen molar-refractivity contribution in [3.8, 4) is 0 Å². The Balaban J connectivity index is 2.32. The lowest BCUT2D eigenvalue weighted by molar-refractivity contribution is 0.501. The fraction of sp³-hybridized carbons (Fsp3) is 0.385. The molecule has 1 aromatic heterocycles. The van der Waals surface area contributed by atoms with E-state index in [2.05, 4.69) is 36.0 Å². The standard InChI is InChI=1S/C13H15ClN2/c1-8-5-13-11(7-15-8)10-6-9(14)3-4-12(10)16(13)2/h3-4,6,8,15H,5,7H2,1-2H3. The molecule has 3 heteroatoms. The van der Waals surface area contributed by atoms with Crippen molar-refractivity contribution in [1.29, 1.82) is 0 Å². The topological polar surface area (TPSA) is 17.0 Å². The summed E-state index contributed by atoms with van der Waals surface area (Å²) in [5, 5.41) is 5.62. The zero-order valence-electron chi connectivity index (χ0n) is 9.55. The molecule has 0 spiro atoms. The molecule has 1 aliphatic rings. The molecule has 16 heavy (non-hydrogen) atoms. The van der Waals surface area contributed by atoms with E-state index in [9.17, 15) is 0 Å². The molecule has 3 rings (SSSR count). The predicted molar refractivity (Wildman–Crippen MR) is 67.9 cm³/mol. The van der Waals surface area contributed by atoms with E-state index in [1.165, 1.54) is 22.2 Å². The highest BCUT2D eigenvalue weighted by Crippen LogP contribution is 2.30. The average Bonchev–Trinajstić information content (AvgIpc) is 2.52. The Morgan fingerprint density at radius 1 is 1.44 bits per heavy atom. The van der Waals surface area contributed by atoms with E-state index in [1.807, 2.05) is 6.07 Å². The third-order valence-corrected chi connectivity index (χ3v) is 3.76. The minimum atomic E-state index is 0.561. The lowest BCUT2D eigenvalue weighted by Gasteiger charge is -2.21. The number of fused-ring (bicyclic) bond motifs is 3. The van der Waals surface area contributed by atoms with E-state index in [4.69, 9.17) is 11.6 Å². The highest BCUT2D eigenvalue weighted by molar-refractivity contribution is 6.31. The van der Waals surface area contributed by atoms with Gasteiger partial charge in [0.1, 0.15) is 0 Å². The van der Waals surface area contributed by atoms with Crippen LogP contribution in [-0.4, -0.2) is 10.6 Å². The number of benzene rings is 1. The van der Waals surface area contributed by atoms with Gasteiger partial charge in [0, 0.05) is 47.7 Å². The summed E-state index contributed by atoms with van der Waals surface area (Å²) in [4.78, 5) is 0. The Morgan fingerprint density at radius 3 is 3.06 bits per heavy atom. The summed E-state index contributed by atoms with van der Waals surface area (Å²) in [6.45, 7) is 3.18. The third kappa shape index (κ3) is 1.37. The van der Waals surface area contributed by atoms with Gasteiger partial charge in [-0.05, 0) is 30.7 Å². The molecule has 0 saturated heterocycles. The van der Waals surface area contributed by atoms with Crippen molar-refractivity contribution in [2.75, 3.05) is 0 Å². The van der Waals surface area contributed by atoms with Crippen molar-refractivity contribution < 1.29 is 0 Å². The van der Waals surface area contributed by atoms with E-state index in [1.54, 1.807) is 0 Å². The zero-order valence-corrected chi connectivity index (χ0v) is 10.3. The van der Waals surface area contributed by atoms with Crippen molar-refractivity contribution in [2.45, 2.75) is 25.9 Å². The molecule has 0 saturated carbocycles. The molecule has 2 nitrogen and oxygen atoms in total. The van der Waals surface area contributed by atoms with Crippen LogP contribution < -0.4 is 5.32 Å². The molecule has 1 aliphatic heterocycles. The van der Waals surface area contributed by atoms with Crippen LogP contribution in [0.4, 0.5) is 0 Å². The van der Waals surface area contributed by atoms with Gasteiger partial charge >= 0.3 is 0 Å². The maximum absolute atomic E-state index is 6.07.